The van der Waals surface area contributed by atoms with Crippen LogP contribution in [0.25, 0.3) is 42.1 Å². The Hall–Kier alpha value is -5.81. The Balaban J connectivity index is 1.12. The van der Waals surface area contributed by atoms with Crippen molar-refractivity contribution in [3.8, 4) is 11.1 Å². The molecule has 1 aromatic heterocycles. The smallest absolute Gasteiger partial charge is 0.0476 e. The van der Waals surface area contributed by atoms with Crippen molar-refractivity contribution in [3.63, 3.8) is 0 Å². The van der Waals surface area contributed by atoms with Gasteiger partial charge >= 0.3 is 0 Å². The van der Waals surface area contributed by atoms with Crippen molar-refractivity contribution in [2.24, 2.45) is 0 Å². The Morgan fingerprint density at radius 2 is 0.833 bits per heavy atom. The van der Waals surface area contributed by atoms with Gasteiger partial charge in [0.15, 0.2) is 0 Å². The standard InChI is InChI=1S/C50H38N2S2/c1-31-8-16-35(17-9-31)51(36-18-10-32(2)11-19-36)39-24-26-41-44-30-48-49(43-6-5-7-45(50(43)44)53-46(41)28-39)42-27-25-40(29-47(42)54-48)52(37-20-12-33(3)13-21-37)38-22-14-34(4)15-23-38/h5-30H,1-4H3. The summed E-state index contributed by atoms with van der Waals surface area (Å²) in [4.78, 5) is 7.34. The molecule has 260 valence electrons. The number of benzene rings is 8. The largest absolute Gasteiger partial charge is 0.310 e. The lowest BCUT2D eigenvalue weighted by Crippen LogP contribution is -2.10. The Bertz CT molecular complexity index is 2780. The molecule has 1 aliphatic rings. The van der Waals surface area contributed by atoms with Gasteiger partial charge in [-0.25, -0.2) is 0 Å². The van der Waals surface area contributed by atoms with E-state index in [9.17, 15) is 0 Å². The molecule has 0 fully saturated rings. The number of nitrogens with zero attached hydrogens (tertiary/aromatic N) is 2. The molecule has 0 amide bonds. The molecule has 8 aromatic carbocycles. The first-order valence-electron chi connectivity index (χ1n) is 18.5. The predicted molar refractivity (Wildman–Crippen MR) is 235 cm³/mol. The first kappa shape index (κ1) is 32.8. The van der Waals surface area contributed by atoms with Gasteiger partial charge in [0.2, 0.25) is 0 Å². The van der Waals surface area contributed by atoms with Crippen LogP contribution in [0.4, 0.5) is 34.1 Å². The summed E-state index contributed by atoms with van der Waals surface area (Å²) in [7, 11) is 0. The fourth-order valence-corrected chi connectivity index (χ4v) is 10.3. The zero-order valence-corrected chi connectivity index (χ0v) is 32.4. The van der Waals surface area contributed by atoms with Crippen molar-refractivity contribution in [1.82, 2.24) is 0 Å². The Labute approximate surface area is 324 Å². The predicted octanol–water partition coefficient (Wildman–Crippen LogP) is 15.5. The van der Waals surface area contributed by atoms with Crippen LogP contribution in [0.2, 0.25) is 0 Å². The highest BCUT2D eigenvalue weighted by atomic mass is 32.2. The van der Waals surface area contributed by atoms with E-state index < -0.39 is 0 Å². The van der Waals surface area contributed by atoms with Crippen molar-refractivity contribution < 1.29 is 0 Å². The topological polar surface area (TPSA) is 6.48 Å². The zero-order chi connectivity index (χ0) is 36.5. The van der Waals surface area contributed by atoms with Gasteiger partial charge in [-0.3, -0.25) is 0 Å². The second kappa shape index (κ2) is 12.9. The zero-order valence-electron chi connectivity index (χ0n) is 30.7. The van der Waals surface area contributed by atoms with Gasteiger partial charge in [0, 0.05) is 69.5 Å². The van der Waals surface area contributed by atoms with Gasteiger partial charge in [-0.1, -0.05) is 107 Å². The van der Waals surface area contributed by atoms with Gasteiger partial charge < -0.3 is 9.80 Å². The fraction of sp³-hybridized carbons (Fsp3) is 0.0800. The summed E-state index contributed by atoms with van der Waals surface area (Å²) in [6.07, 6.45) is 0. The maximum atomic E-state index is 2.46. The monoisotopic (exact) mass is 730 g/mol. The third-order valence-corrected chi connectivity index (χ3v) is 12.9. The number of anilines is 6. The molecule has 1 aliphatic heterocycles. The Morgan fingerprint density at radius 1 is 0.352 bits per heavy atom. The molecule has 54 heavy (non-hydrogen) atoms. The van der Waals surface area contributed by atoms with Crippen LogP contribution < -0.4 is 9.80 Å². The van der Waals surface area contributed by atoms with Crippen LogP contribution in [0.5, 0.6) is 0 Å². The molecular weight excluding hydrogens is 693 g/mol. The molecule has 0 unspecified atom stereocenters. The van der Waals surface area contributed by atoms with Crippen molar-refractivity contribution in [2.75, 3.05) is 9.80 Å². The Kier molecular flexibility index (Phi) is 7.87. The molecule has 0 bridgehead atoms. The van der Waals surface area contributed by atoms with Gasteiger partial charge in [-0.15, -0.1) is 11.3 Å². The summed E-state index contributed by atoms with van der Waals surface area (Å²) in [5.74, 6) is 0. The van der Waals surface area contributed by atoms with E-state index in [4.69, 9.17) is 0 Å². The van der Waals surface area contributed by atoms with Crippen LogP contribution in [0.1, 0.15) is 22.3 Å². The van der Waals surface area contributed by atoms with Gasteiger partial charge in [-0.2, -0.15) is 0 Å². The minimum atomic E-state index is 1.15. The average Bonchev–Trinajstić information content (AvgIpc) is 3.56. The third-order valence-electron chi connectivity index (χ3n) is 10.7. The lowest BCUT2D eigenvalue weighted by Gasteiger charge is -2.28. The van der Waals surface area contributed by atoms with E-state index in [1.54, 1.807) is 0 Å². The lowest BCUT2D eigenvalue weighted by molar-refractivity contribution is 1.25. The summed E-state index contributed by atoms with van der Waals surface area (Å²) in [5, 5.41) is 5.35. The molecule has 4 heteroatoms. The molecule has 9 aromatic rings. The highest BCUT2D eigenvalue weighted by Gasteiger charge is 2.25. The molecule has 10 rings (SSSR count). The van der Waals surface area contributed by atoms with Crippen LogP contribution in [0.3, 0.4) is 0 Å². The molecule has 2 nitrogen and oxygen atoms in total. The number of hydrogen-bond donors (Lipinski definition) is 0. The SMILES string of the molecule is Cc1ccc(N(c2ccc(C)cc2)c2ccc3c(c2)Sc2cccc4c2c-3cc2sc3cc(N(c5ccc(C)cc5)c5ccc(C)cc5)ccc3c24)cc1. The van der Waals surface area contributed by atoms with Crippen molar-refractivity contribution in [3.05, 3.63) is 180 Å². The van der Waals surface area contributed by atoms with Gasteiger partial charge in [0.05, 0.1) is 0 Å². The molecule has 0 saturated carbocycles. The fourth-order valence-electron chi connectivity index (χ4n) is 7.89. The van der Waals surface area contributed by atoms with Gasteiger partial charge in [0.1, 0.15) is 0 Å². The van der Waals surface area contributed by atoms with E-state index in [0.717, 1.165) is 34.1 Å². The first-order chi connectivity index (χ1) is 26.4. The van der Waals surface area contributed by atoms with Crippen LogP contribution in [0, 0.1) is 27.7 Å². The van der Waals surface area contributed by atoms with Crippen LogP contribution in [-0.2, 0) is 0 Å². The van der Waals surface area contributed by atoms with E-state index in [-0.39, 0.29) is 0 Å². The highest BCUT2D eigenvalue weighted by molar-refractivity contribution is 7.99. The van der Waals surface area contributed by atoms with E-state index in [2.05, 4.69) is 195 Å². The molecular formula is C50H38N2S2. The van der Waals surface area contributed by atoms with Crippen molar-refractivity contribution in [2.45, 2.75) is 37.5 Å². The number of hydrogen-bond acceptors (Lipinski definition) is 4. The number of thiophene rings is 1. The second-order valence-corrected chi connectivity index (χ2v) is 16.7. The minimum Gasteiger partial charge on any atom is -0.310 e. The molecule has 0 atom stereocenters. The first-order valence-corrected chi connectivity index (χ1v) is 20.1. The van der Waals surface area contributed by atoms with Crippen LogP contribution in [0.15, 0.2) is 168 Å². The highest BCUT2D eigenvalue weighted by Crippen LogP contribution is 2.53. The second-order valence-electron chi connectivity index (χ2n) is 14.6. The van der Waals surface area contributed by atoms with E-state index in [1.807, 2.05) is 23.1 Å². The molecule has 2 heterocycles. The third kappa shape index (κ3) is 5.57. The maximum Gasteiger partial charge on any atom is 0.0476 e. The van der Waals surface area contributed by atoms with E-state index in [0.29, 0.717) is 0 Å². The summed E-state index contributed by atoms with van der Waals surface area (Å²) >= 11 is 3.79. The quantitative estimate of drug-likeness (QED) is 0.168. The van der Waals surface area contributed by atoms with E-state index >= 15 is 0 Å². The summed E-state index contributed by atoms with van der Waals surface area (Å²) in [6, 6.07) is 58.7. The normalized spacial score (nSPS) is 12.0. The van der Waals surface area contributed by atoms with Crippen LogP contribution >= 0.6 is 23.1 Å². The average molecular weight is 731 g/mol. The molecule has 0 N–H and O–H groups in total. The Morgan fingerprint density at radius 3 is 1.37 bits per heavy atom. The van der Waals surface area contributed by atoms with Gasteiger partial charge in [-0.05, 0) is 129 Å². The maximum absolute atomic E-state index is 2.46. The van der Waals surface area contributed by atoms with Crippen molar-refractivity contribution >= 4 is 88.2 Å². The van der Waals surface area contributed by atoms with Gasteiger partial charge in [0.25, 0.3) is 0 Å². The number of rotatable bonds is 6. The molecule has 0 saturated heterocycles. The summed E-state index contributed by atoms with van der Waals surface area (Å²) < 4.78 is 2.62. The molecule has 0 aliphatic carbocycles. The molecule has 0 radical (unpaired) electrons. The van der Waals surface area contributed by atoms with Crippen molar-refractivity contribution in [1.29, 1.82) is 0 Å². The number of fused-ring (bicyclic) bond motifs is 6. The lowest BCUT2D eigenvalue weighted by atomic mass is 9.94. The minimum absolute atomic E-state index is 1.15. The molecule has 0 spiro atoms. The summed E-state index contributed by atoms with van der Waals surface area (Å²) in [6.45, 7) is 8.58. The van der Waals surface area contributed by atoms with Crippen LogP contribution in [-0.4, -0.2) is 0 Å². The summed E-state index contributed by atoms with van der Waals surface area (Å²) in [5.41, 5.74) is 14.6. The number of aryl methyl sites for hydroxylation is 4. The van der Waals surface area contributed by atoms with E-state index in [1.165, 1.54) is 74.1 Å².